The fraction of sp³-hybridized carbons (Fsp3) is 0.480. The molecule has 5 heteroatoms. The van der Waals surface area contributed by atoms with E-state index in [1.807, 2.05) is 6.92 Å². The Bertz CT molecular complexity index is 996. The van der Waals surface area contributed by atoms with Gasteiger partial charge in [-0.1, -0.05) is 42.9 Å². The van der Waals surface area contributed by atoms with E-state index in [9.17, 15) is 0 Å². The second-order valence-corrected chi connectivity index (χ2v) is 9.05. The van der Waals surface area contributed by atoms with Gasteiger partial charge in [-0.15, -0.1) is 0 Å². The predicted molar refractivity (Wildman–Crippen MR) is 132 cm³/mol. The van der Waals surface area contributed by atoms with Crippen molar-refractivity contribution in [3.05, 3.63) is 40.5 Å². The minimum atomic E-state index is 0.637. The maximum atomic E-state index is 5.98. The van der Waals surface area contributed by atoms with Crippen LogP contribution in [0.3, 0.4) is 0 Å². The lowest BCUT2D eigenvalue weighted by molar-refractivity contribution is 0.343. The van der Waals surface area contributed by atoms with Crippen LogP contribution in [0, 0.1) is 27.7 Å². The van der Waals surface area contributed by atoms with Crippen LogP contribution in [0.1, 0.15) is 55.9 Å². The highest BCUT2D eigenvalue weighted by Crippen LogP contribution is 2.43. The normalized spacial score (nSPS) is 11.2. The summed E-state index contributed by atoms with van der Waals surface area (Å²) in [5.74, 6) is 0.878. The summed E-state index contributed by atoms with van der Waals surface area (Å²) in [4.78, 5) is 7.50. The standard InChI is InChI=1S/C25H35N3OS/c1-8-11-28(12-9-2)23-19(7)15-20(29-10-3)22-24(23)30-25(27-22)26-21-17(5)13-16(4)14-18(21)6/h13-15H,8-12H2,1-7H3,(H,26,27). The second kappa shape index (κ2) is 9.69. The molecule has 162 valence electrons. The highest BCUT2D eigenvalue weighted by atomic mass is 32.1. The van der Waals surface area contributed by atoms with E-state index in [2.05, 4.69) is 70.0 Å². The van der Waals surface area contributed by atoms with Crippen LogP contribution in [0.15, 0.2) is 18.2 Å². The number of benzene rings is 2. The number of rotatable bonds is 9. The van der Waals surface area contributed by atoms with Crippen molar-refractivity contribution in [2.75, 3.05) is 29.9 Å². The van der Waals surface area contributed by atoms with E-state index >= 15 is 0 Å². The summed E-state index contributed by atoms with van der Waals surface area (Å²) in [6, 6.07) is 6.59. The Labute approximate surface area is 185 Å². The number of aromatic nitrogens is 1. The molecule has 0 amide bonds. The van der Waals surface area contributed by atoms with E-state index in [4.69, 9.17) is 9.72 Å². The molecule has 3 rings (SSSR count). The van der Waals surface area contributed by atoms with Crippen LogP contribution >= 0.6 is 11.3 Å². The van der Waals surface area contributed by atoms with Crippen LogP contribution in [0.2, 0.25) is 0 Å². The highest BCUT2D eigenvalue weighted by molar-refractivity contribution is 7.23. The number of aryl methyl sites for hydroxylation is 4. The molecule has 1 N–H and O–H groups in total. The molecule has 30 heavy (non-hydrogen) atoms. The summed E-state index contributed by atoms with van der Waals surface area (Å²) < 4.78 is 7.19. The molecular formula is C25H35N3OS. The number of fused-ring (bicyclic) bond motifs is 1. The number of thiazole rings is 1. The average molecular weight is 426 g/mol. The molecule has 0 saturated heterocycles. The van der Waals surface area contributed by atoms with Crippen LogP contribution in [-0.2, 0) is 0 Å². The summed E-state index contributed by atoms with van der Waals surface area (Å²) >= 11 is 1.73. The van der Waals surface area contributed by atoms with Crippen molar-refractivity contribution in [2.24, 2.45) is 0 Å². The largest absolute Gasteiger partial charge is 0.492 e. The van der Waals surface area contributed by atoms with Crippen LogP contribution in [0.4, 0.5) is 16.5 Å². The SMILES string of the molecule is CCCN(CCC)c1c(C)cc(OCC)c2nc(Nc3c(C)cc(C)cc3C)sc12. The van der Waals surface area contributed by atoms with Crippen molar-refractivity contribution in [1.82, 2.24) is 4.98 Å². The molecule has 3 aromatic rings. The summed E-state index contributed by atoms with van der Waals surface area (Å²) in [7, 11) is 0. The fourth-order valence-electron chi connectivity index (χ4n) is 4.23. The van der Waals surface area contributed by atoms with Gasteiger partial charge in [0.25, 0.3) is 0 Å². The zero-order valence-electron chi connectivity index (χ0n) is 19.5. The third-order valence-corrected chi connectivity index (χ3v) is 6.29. The molecule has 0 atom stereocenters. The first-order chi connectivity index (χ1) is 14.4. The first-order valence-corrected chi connectivity index (χ1v) is 11.9. The lowest BCUT2D eigenvalue weighted by Gasteiger charge is -2.26. The molecule has 0 fully saturated rings. The van der Waals surface area contributed by atoms with Gasteiger partial charge in [0, 0.05) is 18.8 Å². The average Bonchev–Trinajstić information content (AvgIpc) is 3.09. The number of nitrogens with zero attached hydrogens (tertiary/aromatic N) is 2. The Hall–Kier alpha value is -2.27. The molecule has 0 bridgehead atoms. The van der Waals surface area contributed by atoms with Crippen LogP contribution < -0.4 is 15.0 Å². The molecule has 0 aliphatic carbocycles. The molecular weight excluding hydrogens is 390 g/mol. The molecule has 0 spiro atoms. The fourth-order valence-corrected chi connectivity index (χ4v) is 5.34. The summed E-state index contributed by atoms with van der Waals surface area (Å²) in [5.41, 5.74) is 8.44. The Morgan fingerprint density at radius 1 is 0.933 bits per heavy atom. The highest BCUT2D eigenvalue weighted by Gasteiger charge is 2.20. The van der Waals surface area contributed by atoms with Crippen LogP contribution in [0.5, 0.6) is 5.75 Å². The van der Waals surface area contributed by atoms with Crippen LogP contribution in [-0.4, -0.2) is 24.7 Å². The minimum absolute atomic E-state index is 0.637. The van der Waals surface area contributed by atoms with Gasteiger partial charge in [-0.25, -0.2) is 4.98 Å². The zero-order valence-corrected chi connectivity index (χ0v) is 20.3. The summed E-state index contributed by atoms with van der Waals surface area (Å²) in [6.45, 7) is 17.9. The molecule has 0 aliphatic rings. The van der Waals surface area contributed by atoms with Gasteiger partial charge in [0.15, 0.2) is 5.13 Å². The van der Waals surface area contributed by atoms with Gasteiger partial charge in [-0.3, -0.25) is 0 Å². The van der Waals surface area contributed by atoms with Gasteiger partial charge >= 0.3 is 0 Å². The van der Waals surface area contributed by atoms with E-state index in [0.29, 0.717) is 6.61 Å². The molecule has 0 aliphatic heterocycles. The van der Waals surface area contributed by atoms with E-state index in [-0.39, 0.29) is 0 Å². The van der Waals surface area contributed by atoms with Crippen molar-refractivity contribution in [3.63, 3.8) is 0 Å². The van der Waals surface area contributed by atoms with E-state index in [1.165, 1.54) is 32.6 Å². The maximum absolute atomic E-state index is 5.98. The van der Waals surface area contributed by atoms with Gasteiger partial charge < -0.3 is 15.0 Å². The number of nitrogens with one attached hydrogen (secondary N) is 1. The number of ether oxygens (including phenoxy) is 1. The zero-order chi connectivity index (χ0) is 21.8. The van der Waals surface area contributed by atoms with Crippen molar-refractivity contribution < 1.29 is 4.74 Å². The van der Waals surface area contributed by atoms with Crippen molar-refractivity contribution >= 4 is 38.1 Å². The van der Waals surface area contributed by atoms with Gasteiger partial charge in [0.2, 0.25) is 0 Å². The molecule has 2 aromatic carbocycles. The van der Waals surface area contributed by atoms with Crippen LogP contribution in [0.25, 0.3) is 10.2 Å². The first-order valence-electron chi connectivity index (χ1n) is 11.1. The molecule has 0 saturated carbocycles. The number of hydrogen-bond donors (Lipinski definition) is 1. The Morgan fingerprint density at radius 3 is 2.13 bits per heavy atom. The third kappa shape index (κ3) is 4.56. The summed E-state index contributed by atoms with van der Waals surface area (Å²) in [6.07, 6.45) is 2.25. The maximum Gasteiger partial charge on any atom is 0.188 e. The topological polar surface area (TPSA) is 37.4 Å². The predicted octanol–water partition coefficient (Wildman–Crippen LogP) is 7.30. The molecule has 1 aromatic heterocycles. The lowest BCUT2D eigenvalue weighted by atomic mass is 10.1. The number of anilines is 3. The van der Waals surface area contributed by atoms with Crippen molar-refractivity contribution in [1.29, 1.82) is 0 Å². The second-order valence-electron chi connectivity index (χ2n) is 8.06. The molecule has 0 unspecified atom stereocenters. The van der Waals surface area contributed by atoms with E-state index in [0.717, 1.165) is 48.0 Å². The van der Waals surface area contributed by atoms with Gasteiger partial charge in [-0.05, 0) is 70.2 Å². The quantitative estimate of drug-likeness (QED) is 0.390. The van der Waals surface area contributed by atoms with Gasteiger partial charge in [-0.2, -0.15) is 0 Å². The van der Waals surface area contributed by atoms with Crippen molar-refractivity contribution in [2.45, 2.75) is 61.3 Å². The van der Waals surface area contributed by atoms with Gasteiger partial charge in [0.1, 0.15) is 11.3 Å². The summed E-state index contributed by atoms with van der Waals surface area (Å²) in [5, 5.41) is 4.53. The Morgan fingerprint density at radius 2 is 1.57 bits per heavy atom. The third-order valence-electron chi connectivity index (χ3n) is 5.31. The first kappa shape index (κ1) is 22.4. The molecule has 0 radical (unpaired) electrons. The van der Waals surface area contributed by atoms with Gasteiger partial charge in [0.05, 0.1) is 17.0 Å². The number of hydrogen-bond acceptors (Lipinski definition) is 5. The smallest absolute Gasteiger partial charge is 0.188 e. The van der Waals surface area contributed by atoms with Crippen molar-refractivity contribution in [3.8, 4) is 5.75 Å². The molecule has 4 nitrogen and oxygen atoms in total. The monoisotopic (exact) mass is 425 g/mol. The van der Waals surface area contributed by atoms with E-state index < -0.39 is 0 Å². The molecule has 1 heterocycles. The lowest BCUT2D eigenvalue weighted by Crippen LogP contribution is -2.25. The Kier molecular flexibility index (Phi) is 7.24. The minimum Gasteiger partial charge on any atom is -0.492 e. The van der Waals surface area contributed by atoms with E-state index in [1.54, 1.807) is 11.3 Å². The Balaban J connectivity index is 2.14.